The number of aryl methyl sites for hydroxylation is 1. The molecule has 13 heteroatoms. The second kappa shape index (κ2) is 9.44. The molecule has 4 aromatic rings. The normalized spacial score (nSPS) is 21.8. The van der Waals surface area contributed by atoms with Gasteiger partial charge in [0, 0.05) is 32.5 Å². The molecule has 1 spiro atoms. The zero-order valence-electron chi connectivity index (χ0n) is 23.4. The topological polar surface area (TPSA) is 60.4 Å². The van der Waals surface area contributed by atoms with Gasteiger partial charge in [0.05, 0.1) is 28.1 Å². The predicted octanol–water partition coefficient (Wildman–Crippen LogP) is 5.87. The van der Waals surface area contributed by atoms with Gasteiger partial charge in [0.15, 0.2) is 0 Å². The zero-order chi connectivity index (χ0) is 30.4. The molecule has 1 aromatic carbocycles. The first-order valence-corrected chi connectivity index (χ1v) is 14.4. The Morgan fingerprint density at radius 2 is 1.81 bits per heavy atom. The maximum Gasteiger partial charge on any atom is 0.418 e. The van der Waals surface area contributed by atoms with E-state index in [1.54, 1.807) is 18.5 Å². The number of halogens is 6. The molecule has 0 radical (unpaired) electrons. The third-order valence-corrected chi connectivity index (χ3v) is 9.63. The van der Waals surface area contributed by atoms with E-state index in [-0.39, 0.29) is 36.0 Å². The molecule has 0 bridgehead atoms. The summed E-state index contributed by atoms with van der Waals surface area (Å²) in [6, 6.07) is 8.21. The van der Waals surface area contributed by atoms with Crippen molar-refractivity contribution >= 4 is 5.52 Å². The van der Waals surface area contributed by atoms with Gasteiger partial charge in [-0.1, -0.05) is 12.1 Å². The van der Waals surface area contributed by atoms with E-state index in [0.29, 0.717) is 18.7 Å². The third-order valence-electron chi connectivity index (χ3n) is 9.63. The highest BCUT2D eigenvalue weighted by molar-refractivity contribution is 5.58. The van der Waals surface area contributed by atoms with Crippen LogP contribution in [0.25, 0.3) is 11.2 Å². The first-order chi connectivity index (χ1) is 20.3. The van der Waals surface area contributed by atoms with Crippen molar-refractivity contribution in [3.8, 4) is 5.69 Å². The SMILES string of the molecule is Cn1cnnc1C1(c2cccc(-n3cc4c(C(F)(F)F)cc(CN5CCC[C@@H](C(F)(F)F)C5)cn4c3=O)c2)CC2(CC2)C1. The lowest BCUT2D eigenvalue weighted by Crippen LogP contribution is -2.45. The molecule has 4 heterocycles. The molecule has 0 amide bonds. The molecular formula is C30H30F6N6O. The standard InChI is InChI=1S/C30H30F6N6O/c1-39-18-37-38-25(39)28(16-27(17-28)7-8-27)20-4-2-6-22(11-20)41-15-24-23(30(34,35)36)10-19(13-42(24)26(41)43)12-40-9-3-5-21(14-40)29(31,32)33/h2,4,6,10-11,13,15,18,21H,3,5,7-9,12,14,16-17H2,1H3/t21-/m1/s1. The van der Waals surface area contributed by atoms with Crippen LogP contribution in [0.5, 0.6) is 0 Å². The van der Waals surface area contributed by atoms with Crippen molar-refractivity contribution in [3.63, 3.8) is 0 Å². The predicted molar refractivity (Wildman–Crippen MR) is 145 cm³/mol. The number of pyridine rings is 1. The number of rotatable bonds is 5. The summed E-state index contributed by atoms with van der Waals surface area (Å²) in [4.78, 5) is 15.2. The summed E-state index contributed by atoms with van der Waals surface area (Å²) >= 11 is 0. The van der Waals surface area contributed by atoms with Gasteiger partial charge < -0.3 is 4.57 Å². The van der Waals surface area contributed by atoms with Crippen LogP contribution in [0.2, 0.25) is 0 Å². The van der Waals surface area contributed by atoms with E-state index in [2.05, 4.69) is 10.2 Å². The van der Waals surface area contributed by atoms with E-state index < -0.39 is 34.9 Å². The highest BCUT2D eigenvalue weighted by Crippen LogP contribution is 2.70. The Balaban J connectivity index is 1.28. The summed E-state index contributed by atoms with van der Waals surface area (Å²) in [5, 5.41) is 8.47. The van der Waals surface area contributed by atoms with E-state index >= 15 is 0 Å². The monoisotopic (exact) mass is 604 g/mol. The van der Waals surface area contributed by atoms with Crippen LogP contribution in [0.3, 0.4) is 0 Å². The minimum absolute atomic E-state index is 0.00681. The molecule has 2 saturated carbocycles. The van der Waals surface area contributed by atoms with Crippen LogP contribution in [-0.2, 0) is 25.2 Å². The highest BCUT2D eigenvalue weighted by Gasteiger charge is 2.63. The number of nitrogens with zero attached hydrogens (tertiary/aromatic N) is 6. The molecule has 1 aliphatic heterocycles. The Morgan fingerprint density at radius 3 is 2.47 bits per heavy atom. The molecule has 7 rings (SSSR count). The maximum atomic E-state index is 14.3. The zero-order valence-corrected chi connectivity index (χ0v) is 23.4. The average Bonchev–Trinajstić information content (AvgIpc) is 3.50. The first kappa shape index (κ1) is 28.2. The molecule has 43 heavy (non-hydrogen) atoms. The van der Waals surface area contributed by atoms with Gasteiger partial charge in [-0.05, 0) is 79.8 Å². The lowest BCUT2D eigenvalue weighted by molar-refractivity contribution is -0.187. The number of likely N-dealkylation sites (tertiary alicyclic amines) is 1. The molecule has 7 nitrogen and oxygen atoms in total. The number of piperidine rings is 1. The molecular weight excluding hydrogens is 574 g/mol. The van der Waals surface area contributed by atoms with Gasteiger partial charge in [-0.2, -0.15) is 26.3 Å². The number of imidazole rings is 1. The Morgan fingerprint density at radius 1 is 1.05 bits per heavy atom. The summed E-state index contributed by atoms with van der Waals surface area (Å²) < 4.78 is 86.9. The Labute approximate surface area is 242 Å². The second-order valence-electron chi connectivity index (χ2n) is 12.7. The van der Waals surface area contributed by atoms with Crippen LogP contribution in [0.1, 0.15) is 61.0 Å². The summed E-state index contributed by atoms with van der Waals surface area (Å²) in [6.07, 6.45) is -0.652. The molecule has 0 unspecified atom stereocenters. The van der Waals surface area contributed by atoms with Gasteiger partial charge in [0.25, 0.3) is 0 Å². The van der Waals surface area contributed by atoms with Crippen LogP contribution in [0.15, 0.2) is 53.8 Å². The first-order valence-electron chi connectivity index (χ1n) is 14.4. The van der Waals surface area contributed by atoms with Crippen LogP contribution in [-0.4, -0.2) is 47.9 Å². The molecule has 3 aliphatic rings. The van der Waals surface area contributed by atoms with Gasteiger partial charge in [0.2, 0.25) is 0 Å². The smallest absolute Gasteiger partial charge is 0.320 e. The highest BCUT2D eigenvalue weighted by atomic mass is 19.4. The van der Waals surface area contributed by atoms with Crippen molar-refractivity contribution < 1.29 is 26.3 Å². The number of benzene rings is 1. The molecule has 3 fully saturated rings. The van der Waals surface area contributed by atoms with Crippen molar-refractivity contribution in [2.24, 2.45) is 18.4 Å². The van der Waals surface area contributed by atoms with Crippen molar-refractivity contribution in [1.29, 1.82) is 0 Å². The fraction of sp³-hybridized carbons (Fsp3) is 0.500. The van der Waals surface area contributed by atoms with Gasteiger partial charge in [0.1, 0.15) is 12.2 Å². The molecule has 2 aliphatic carbocycles. The Bertz CT molecular complexity index is 1750. The van der Waals surface area contributed by atoms with Crippen LogP contribution >= 0.6 is 0 Å². The fourth-order valence-corrected chi connectivity index (χ4v) is 7.39. The second-order valence-corrected chi connectivity index (χ2v) is 12.7. The van der Waals surface area contributed by atoms with Gasteiger partial charge in [-0.15, -0.1) is 10.2 Å². The van der Waals surface area contributed by atoms with Crippen molar-refractivity contribution in [2.45, 2.75) is 62.8 Å². The minimum atomic E-state index is -4.78. The average molecular weight is 605 g/mol. The van der Waals surface area contributed by atoms with Crippen LogP contribution < -0.4 is 5.69 Å². The lowest BCUT2D eigenvalue weighted by Gasteiger charge is -2.48. The van der Waals surface area contributed by atoms with Gasteiger partial charge >= 0.3 is 18.0 Å². The number of hydrogen-bond donors (Lipinski definition) is 0. The Kier molecular flexibility index (Phi) is 6.19. The van der Waals surface area contributed by atoms with E-state index in [4.69, 9.17) is 0 Å². The molecule has 1 saturated heterocycles. The van der Waals surface area contributed by atoms with Crippen LogP contribution in [0.4, 0.5) is 26.3 Å². The summed E-state index contributed by atoms with van der Waals surface area (Å²) in [7, 11) is 1.88. The summed E-state index contributed by atoms with van der Waals surface area (Å²) in [6.45, 7) is -0.0793. The third kappa shape index (κ3) is 4.76. The van der Waals surface area contributed by atoms with Gasteiger partial charge in [-0.25, -0.2) is 4.79 Å². The van der Waals surface area contributed by atoms with E-state index in [1.807, 2.05) is 23.7 Å². The van der Waals surface area contributed by atoms with Gasteiger partial charge in [-0.3, -0.25) is 13.9 Å². The summed E-state index contributed by atoms with van der Waals surface area (Å²) in [5.41, 5.74) is -0.671. The fourth-order valence-electron chi connectivity index (χ4n) is 7.39. The molecule has 0 N–H and O–H groups in total. The number of fused-ring (bicyclic) bond motifs is 1. The number of aromatic nitrogens is 5. The van der Waals surface area contributed by atoms with Crippen LogP contribution in [0, 0.1) is 11.3 Å². The number of alkyl halides is 6. The van der Waals surface area contributed by atoms with Crippen molar-refractivity contribution in [1.82, 2.24) is 28.6 Å². The van der Waals surface area contributed by atoms with E-state index in [0.717, 1.165) is 47.5 Å². The van der Waals surface area contributed by atoms with E-state index in [1.165, 1.54) is 21.9 Å². The van der Waals surface area contributed by atoms with E-state index in [9.17, 15) is 31.1 Å². The molecule has 1 atom stereocenters. The minimum Gasteiger partial charge on any atom is -0.320 e. The lowest BCUT2D eigenvalue weighted by atomic mass is 9.56. The quantitative estimate of drug-likeness (QED) is 0.268. The van der Waals surface area contributed by atoms with Crippen molar-refractivity contribution in [2.75, 3.05) is 13.1 Å². The Hall–Kier alpha value is -3.61. The number of hydrogen-bond acceptors (Lipinski definition) is 4. The molecule has 3 aromatic heterocycles. The van der Waals surface area contributed by atoms with Crippen molar-refractivity contribution in [3.05, 3.63) is 82.1 Å². The largest absolute Gasteiger partial charge is 0.418 e. The maximum absolute atomic E-state index is 14.3. The molecule has 228 valence electrons. The summed E-state index contributed by atoms with van der Waals surface area (Å²) in [5.74, 6) is -0.718.